The third kappa shape index (κ3) is 2.42. The van der Waals surface area contributed by atoms with Crippen LogP contribution in [0.25, 0.3) is 0 Å². The van der Waals surface area contributed by atoms with Crippen molar-refractivity contribution in [2.45, 2.75) is 31.2 Å². The molecule has 1 aromatic heterocycles. The van der Waals surface area contributed by atoms with Gasteiger partial charge in [0.25, 0.3) is 10.0 Å². The Hall–Kier alpha value is -2.22. The number of aromatic nitrogens is 2. The lowest BCUT2D eigenvalue weighted by Crippen LogP contribution is -2.31. The summed E-state index contributed by atoms with van der Waals surface area (Å²) in [7, 11) is -3.64. The minimum atomic E-state index is -3.64. The predicted molar refractivity (Wildman–Crippen MR) is 75.7 cm³/mol. The molecule has 21 heavy (non-hydrogen) atoms. The number of sulfonamides is 1. The van der Waals surface area contributed by atoms with Crippen LogP contribution >= 0.6 is 0 Å². The molecule has 7 nitrogen and oxygen atoms in total. The smallest absolute Gasteiger partial charge is 0.267 e. The molecule has 0 atom stereocenters. The van der Waals surface area contributed by atoms with Crippen LogP contribution in [-0.2, 0) is 16.6 Å². The molecule has 3 rings (SSSR count). The number of hydrogen-bond donors (Lipinski definition) is 0. The largest absolute Gasteiger partial charge is 0.337 e. The van der Waals surface area contributed by atoms with Gasteiger partial charge in [0.1, 0.15) is 17.8 Å². The van der Waals surface area contributed by atoms with Gasteiger partial charge >= 0.3 is 0 Å². The van der Waals surface area contributed by atoms with E-state index in [2.05, 4.69) is 15.1 Å². The molecular formula is C13H14N4O3S. The average molecular weight is 306 g/mol. The van der Waals surface area contributed by atoms with E-state index < -0.39 is 10.0 Å². The molecule has 0 amide bonds. The fourth-order valence-electron chi connectivity index (χ4n) is 1.92. The van der Waals surface area contributed by atoms with Crippen LogP contribution in [0.15, 0.2) is 38.7 Å². The van der Waals surface area contributed by atoms with Crippen molar-refractivity contribution in [3.05, 3.63) is 36.0 Å². The minimum Gasteiger partial charge on any atom is -0.337 e. The molecule has 1 aliphatic rings. The van der Waals surface area contributed by atoms with Crippen molar-refractivity contribution < 1.29 is 12.9 Å². The first-order valence-corrected chi connectivity index (χ1v) is 7.90. The molecule has 1 aromatic carbocycles. The predicted octanol–water partition coefficient (Wildman–Crippen LogP) is 2.06. The molecule has 0 bridgehead atoms. The molecule has 2 aromatic rings. The second kappa shape index (κ2) is 4.96. The zero-order chi connectivity index (χ0) is 15.0. The van der Waals surface area contributed by atoms with Crippen LogP contribution in [-0.4, -0.2) is 29.2 Å². The Morgan fingerprint density at radius 3 is 2.76 bits per heavy atom. The summed E-state index contributed by atoms with van der Waals surface area (Å²) < 4.78 is 31.2. The van der Waals surface area contributed by atoms with Crippen LogP contribution in [0.5, 0.6) is 0 Å². The summed E-state index contributed by atoms with van der Waals surface area (Å²) >= 11 is 0. The van der Waals surface area contributed by atoms with E-state index in [9.17, 15) is 8.42 Å². The summed E-state index contributed by atoms with van der Waals surface area (Å²) in [5.74, 6) is 0.916. The quantitative estimate of drug-likeness (QED) is 0.866. The minimum absolute atomic E-state index is 0.0279. The lowest BCUT2D eigenvalue weighted by atomic mass is 10.2. The van der Waals surface area contributed by atoms with Gasteiger partial charge in [-0.15, -0.1) is 0 Å². The lowest BCUT2D eigenvalue weighted by molar-refractivity contribution is 0.349. The second-order valence-electron chi connectivity index (χ2n) is 4.96. The summed E-state index contributed by atoms with van der Waals surface area (Å²) in [5.41, 5.74) is 0.433. The standard InChI is InChI=1S/C13H14N4O3S/c1-9(2)13-15-12(20-16-13)7-17-8-14-10-5-3-4-6-11(10)21(17,18)19/h3-6,8-9H,7H2,1-2H3. The molecule has 0 N–H and O–H groups in total. The van der Waals surface area contributed by atoms with Gasteiger partial charge in [-0.05, 0) is 12.1 Å². The van der Waals surface area contributed by atoms with E-state index in [-0.39, 0.29) is 23.2 Å². The summed E-state index contributed by atoms with van der Waals surface area (Å²) in [6.45, 7) is 3.84. The zero-order valence-corrected chi connectivity index (χ0v) is 12.4. The van der Waals surface area contributed by atoms with Crippen molar-refractivity contribution in [1.29, 1.82) is 0 Å². The maximum absolute atomic E-state index is 12.5. The first-order chi connectivity index (χ1) is 9.98. The van der Waals surface area contributed by atoms with Crippen LogP contribution in [0.4, 0.5) is 5.69 Å². The Bertz CT molecular complexity index is 795. The van der Waals surface area contributed by atoms with Crippen molar-refractivity contribution >= 4 is 22.0 Å². The molecule has 1 aliphatic heterocycles. The van der Waals surface area contributed by atoms with E-state index in [1.54, 1.807) is 18.2 Å². The molecule has 0 radical (unpaired) electrons. The number of benzene rings is 1. The average Bonchev–Trinajstić information content (AvgIpc) is 2.91. The monoisotopic (exact) mass is 306 g/mol. The number of para-hydroxylation sites is 1. The van der Waals surface area contributed by atoms with E-state index in [4.69, 9.17) is 4.52 Å². The van der Waals surface area contributed by atoms with Gasteiger partial charge in [0, 0.05) is 5.92 Å². The van der Waals surface area contributed by atoms with Gasteiger partial charge in [0.05, 0.1) is 5.69 Å². The van der Waals surface area contributed by atoms with Gasteiger partial charge in [-0.25, -0.2) is 17.7 Å². The number of hydrogen-bond acceptors (Lipinski definition) is 6. The van der Waals surface area contributed by atoms with Crippen molar-refractivity contribution in [2.75, 3.05) is 0 Å². The number of aliphatic imine (C=N–C) groups is 1. The molecule has 0 saturated carbocycles. The van der Waals surface area contributed by atoms with Gasteiger partial charge < -0.3 is 4.52 Å². The second-order valence-corrected chi connectivity index (χ2v) is 6.82. The molecular weight excluding hydrogens is 292 g/mol. The van der Waals surface area contributed by atoms with Crippen molar-refractivity contribution in [1.82, 2.24) is 14.4 Å². The molecule has 8 heteroatoms. The number of nitrogens with zero attached hydrogens (tertiary/aromatic N) is 4. The molecule has 0 aliphatic carbocycles. The highest BCUT2D eigenvalue weighted by molar-refractivity contribution is 7.89. The van der Waals surface area contributed by atoms with Gasteiger partial charge in [0.2, 0.25) is 5.89 Å². The molecule has 0 spiro atoms. The van der Waals surface area contributed by atoms with E-state index in [0.29, 0.717) is 11.5 Å². The summed E-state index contributed by atoms with van der Waals surface area (Å²) in [5, 5.41) is 3.82. The Morgan fingerprint density at radius 1 is 1.29 bits per heavy atom. The lowest BCUT2D eigenvalue weighted by Gasteiger charge is -2.22. The van der Waals surface area contributed by atoms with Crippen molar-refractivity contribution in [3.63, 3.8) is 0 Å². The maximum Gasteiger partial charge on any atom is 0.267 e. The van der Waals surface area contributed by atoms with Crippen LogP contribution < -0.4 is 0 Å². The Balaban J connectivity index is 1.91. The van der Waals surface area contributed by atoms with E-state index >= 15 is 0 Å². The van der Waals surface area contributed by atoms with Crippen LogP contribution in [0.3, 0.4) is 0 Å². The van der Waals surface area contributed by atoms with E-state index in [1.165, 1.54) is 12.4 Å². The highest BCUT2D eigenvalue weighted by atomic mass is 32.2. The molecule has 110 valence electrons. The van der Waals surface area contributed by atoms with E-state index in [0.717, 1.165) is 4.31 Å². The van der Waals surface area contributed by atoms with Crippen molar-refractivity contribution in [2.24, 2.45) is 4.99 Å². The highest BCUT2D eigenvalue weighted by Gasteiger charge is 2.29. The fourth-order valence-corrected chi connectivity index (χ4v) is 3.26. The first-order valence-electron chi connectivity index (χ1n) is 6.46. The molecule has 0 fully saturated rings. The van der Waals surface area contributed by atoms with E-state index in [1.807, 2.05) is 13.8 Å². The Labute approximate surface area is 122 Å². The fraction of sp³-hybridized carbons (Fsp3) is 0.308. The van der Waals surface area contributed by atoms with Crippen LogP contribution in [0, 0.1) is 0 Å². The number of fused-ring (bicyclic) bond motifs is 1. The molecule has 0 saturated heterocycles. The van der Waals surface area contributed by atoms with Gasteiger partial charge in [-0.2, -0.15) is 4.98 Å². The third-order valence-corrected chi connectivity index (χ3v) is 4.81. The first kappa shape index (κ1) is 13.7. The summed E-state index contributed by atoms with van der Waals surface area (Å²) in [4.78, 5) is 8.50. The Morgan fingerprint density at radius 2 is 2.05 bits per heavy atom. The maximum atomic E-state index is 12.5. The van der Waals surface area contributed by atoms with Crippen LogP contribution in [0.1, 0.15) is 31.5 Å². The molecule has 2 heterocycles. The Kier molecular flexibility index (Phi) is 3.25. The zero-order valence-electron chi connectivity index (χ0n) is 11.6. The summed E-state index contributed by atoms with van der Waals surface area (Å²) in [6.07, 6.45) is 1.27. The molecule has 0 unspecified atom stereocenters. The number of rotatable bonds is 3. The highest BCUT2D eigenvalue weighted by Crippen LogP contribution is 2.30. The summed E-state index contributed by atoms with van der Waals surface area (Å²) in [6, 6.07) is 6.60. The topological polar surface area (TPSA) is 88.7 Å². The normalized spacial score (nSPS) is 16.2. The van der Waals surface area contributed by atoms with Gasteiger partial charge in [0.15, 0.2) is 5.82 Å². The van der Waals surface area contributed by atoms with Gasteiger partial charge in [-0.1, -0.05) is 31.1 Å². The SMILES string of the molecule is CC(C)c1noc(CN2C=Nc3ccccc3S2(=O)=O)n1. The third-order valence-electron chi connectivity index (χ3n) is 3.07. The van der Waals surface area contributed by atoms with Crippen LogP contribution in [0.2, 0.25) is 0 Å². The van der Waals surface area contributed by atoms with Gasteiger partial charge in [-0.3, -0.25) is 0 Å². The van der Waals surface area contributed by atoms with Crippen molar-refractivity contribution in [3.8, 4) is 0 Å².